The van der Waals surface area contributed by atoms with Gasteiger partial charge in [-0.05, 0) is 28.9 Å². The molecule has 1 aromatic heterocycles. The highest BCUT2D eigenvalue weighted by molar-refractivity contribution is 7.97. The van der Waals surface area contributed by atoms with Gasteiger partial charge in [-0.25, -0.2) is 14.3 Å². The number of thioether (sulfide) groups is 1. The first kappa shape index (κ1) is 17.0. The molecule has 0 saturated carbocycles. The van der Waals surface area contributed by atoms with Crippen molar-refractivity contribution in [1.29, 1.82) is 0 Å². The van der Waals surface area contributed by atoms with Crippen LogP contribution in [0.1, 0.15) is 21.7 Å². The number of rotatable bonds is 7. The Morgan fingerprint density at radius 3 is 2.70 bits per heavy atom. The lowest BCUT2D eigenvalue weighted by atomic mass is 10.1. The molecule has 0 aliphatic rings. The van der Waals surface area contributed by atoms with Crippen molar-refractivity contribution in [2.75, 3.05) is 12.9 Å². The maximum Gasteiger partial charge on any atom is 0.342 e. The molecule has 8 heteroatoms. The summed E-state index contributed by atoms with van der Waals surface area (Å²) in [6.07, 6.45) is 3.21. The van der Waals surface area contributed by atoms with E-state index in [1.165, 1.54) is 10.8 Å². The second-order valence-corrected chi connectivity index (χ2v) is 5.70. The Bertz CT molecular complexity index is 697. The third kappa shape index (κ3) is 4.32. The standard InChI is InChI=1S/C15H17N3O4S/c1-11-16-9-14(18(20)21)17(11)7-8-22-15(19)13-5-3-12(4-6-13)10-23-2/h3-6,9H,7-8,10H2,1-2H3. The summed E-state index contributed by atoms with van der Waals surface area (Å²) in [7, 11) is 0. The molecular weight excluding hydrogens is 318 g/mol. The maximum atomic E-state index is 12.0. The van der Waals surface area contributed by atoms with Crippen molar-refractivity contribution < 1.29 is 14.5 Å². The molecule has 0 unspecified atom stereocenters. The number of nitrogens with zero attached hydrogens (tertiary/aromatic N) is 3. The van der Waals surface area contributed by atoms with Crippen molar-refractivity contribution in [3.63, 3.8) is 0 Å². The molecule has 1 heterocycles. The number of ether oxygens (including phenoxy) is 1. The number of esters is 1. The first-order chi connectivity index (χ1) is 11.0. The van der Waals surface area contributed by atoms with Crippen molar-refractivity contribution in [3.05, 3.63) is 57.5 Å². The van der Waals surface area contributed by atoms with E-state index < -0.39 is 10.9 Å². The van der Waals surface area contributed by atoms with Crippen molar-refractivity contribution in [3.8, 4) is 0 Å². The van der Waals surface area contributed by atoms with Crippen molar-refractivity contribution in [2.24, 2.45) is 0 Å². The number of carbonyl (C=O) groups is 1. The van der Waals surface area contributed by atoms with E-state index in [1.807, 2.05) is 18.4 Å². The van der Waals surface area contributed by atoms with Gasteiger partial charge in [0.25, 0.3) is 0 Å². The van der Waals surface area contributed by atoms with Crippen LogP contribution in [-0.4, -0.2) is 33.3 Å². The molecule has 2 rings (SSSR count). The highest BCUT2D eigenvalue weighted by atomic mass is 32.2. The lowest BCUT2D eigenvalue weighted by Gasteiger charge is -2.06. The molecule has 2 aromatic rings. The number of benzene rings is 1. The van der Waals surface area contributed by atoms with Crippen molar-refractivity contribution >= 4 is 23.5 Å². The van der Waals surface area contributed by atoms with Crippen LogP contribution in [0.5, 0.6) is 0 Å². The van der Waals surface area contributed by atoms with Crippen LogP contribution in [0, 0.1) is 17.0 Å². The van der Waals surface area contributed by atoms with Crippen molar-refractivity contribution in [2.45, 2.75) is 19.2 Å². The fraction of sp³-hybridized carbons (Fsp3) is 0.333. The average Bonchev–Trinajstić information content (AvgIpc) is 2.89. The summed E-state index contributed by atoms with van der Waals surface area (Å²) in [5, 5.41) is 10.9. The number of hydrogen-bond acceptors (Lipinski definition) is 6. The Kier molecular flexibility index (Phi) is 5.75. The van der Waals surface area contributed by atoms with Crippen LogP contribution >= 0.6 is 11.8 Å². The Morgan fingerprint density at radius 1 is 1.39 bits per heavy atom. The number of carbonyl (C=O) groups excluding carboxylic acids is 1. The molecule has 1 aromatic carbocycles. The molecule has 122 valence electrons. The van der Waals surface area contributed by atoms with E-state index in [-0.39, 0.29) is 19.0 Å². The molecule has 0 bridgehead atoms. The van der Waals surface area contributed by atoms with Gasteiger partial charge in [-0.1, -0.05) is 12.1 Å². The third-order valence-corrected chi connectivity index (χ3v) is 3.89. The molecular formula is C15H17N3O4S. The molecule has 0 N–H and O–H groups in total. The number of aromatic nitrogens is 2. The van der Waals surface area contributed by atoms with Gasteiger partial charge in [0.2, 0.25) is 0 Å². The predicted octanol–water partition coefficient (Wildman–Crippen LogP) is 2.82. The lowest BCUT2D eigenvalue weighted by Crippen LogP contribution is -2.13. The van der Waals surface area contributed by atoms with Gasteiger partial charge in [0, 0.05) is 12.7 Å². The van der Waals surface area contributed by atoms with Gasteiger partial charge in [-0.15, -0.1) is 0 Å². The van der Waals surface area contributed by atoms with Gasteiger partial charge < -0.3 is 14.9 Å². The zero-order chi connectivity index (χ0) is 16.8. The highest BCUT2D eigenvalue weighted by Gasteiger charge is 2.17. The highest BCUT2D eigenvalue weighted by Crippen LogP contribution is 2.14. The summed E-state index contributed by atoms with van der Waals surface area (Å²) in [5.74, 6) is 0.842. The molecule has 0 fully saturated rings. The zero-order valence-electron chi connectivity index (χ0n) is 12.9. The summed E-state index contributed by atoms with van der Waals surface area (Å²) < 4.78 is 6.59. The van der Waals surface area contributed by atoms with E-state index >= 15 is 0 Å². The van der Waals surface area contributed by atoms with Gasteiger partial charge in [0.05, 0.1) is 5.56 Å². The summed E-state index contributed by atoms with van der Waals surface area (Å²) >= 11 is 1.71. The fourth-order valence-corrected chi connectivity index (χ4v) is 2.62. The molecule has 23 heavy (non-hydrogen) atoms. The predicted molar refractivity (Wildman–Crippen MR) is 87.6 cm³/mol. The summed E-state index contributed by atoms with van der Waals surface area (Å²) in [5.41, 5.74) is 1.60. The average molecular weight is 335 g/mol. The van der Waals surface area contributed by atoms with E-state index in [9.17, 15) is 14.9 Å². The summed E-state index contributed by atoms with van der Waals surface area (Å²) in [6.45, 7) is 1.90. The topological polar surface area (TPSA) is 87.3 Å². The van der Waals surface area contributed by atoms with E-state index in [0.717, 1.165) is 11.3 Å². The quantitative estimate of drug-likeness (QED) is 0.439. The van der Waals surface area contributed by atoms with Crippen LogP contribution in [0.25, 0.3) is 0 Å². The largest absolute Gasteiger partial charge is 0.458 e. The Balaban J connectivity index is 1.92. The van der Waals surface area contributed by atoms with Gasteiger partial charge in [-0.2, -0.15) is 11.8 Å². The minimum absolute atomic E-state index is 0.0451. The van der Waals surface area contributed by atoms with Crippen LogP contribution in [0.2, 0.25) is 0 Å². The third-order valence-electron chi connectivity index (χ3n) is 3.27. The second kappa shape index (κ2) is 7.77. The maximum absolute atomic E-state index is 12.0. The van der Waals surface area contributed by atoms with Gasteiger partial charge in [-0.3, -0.25) is 0 Å². The molecule has 0 amide bonds. The zero-order valence-corrected chi connectivity index (χ0v) is 13.7. The molecule has 0 atom stereocenters. The normalized spacial score (nSPS) is 10.5. The molecule has 7 nitrogen and oxygen atoms in total. The van der Waals surface area contributed by atoms with E-state index in [2.05, 4.69) is 4.98 Å². The number of imidazole rings is 1. The van der Waals surface area contributed by atoms with Crippen LogP contribution in [0.3, 0.4) is 0 Å². The van der Waals surface area contributed by atoms with Crippen molar-refractivity contribution in [1.82, 2.24) is 9.55 Å². The number of aryl methyl sites for hydroxylation is 1. The minimum Gasteiger partial charge on any atom is -0.458 e. The summed E-state index contributed by atoms with van der Waals surface area (Å²) in [6, 6.07) is 7.22. The Labute approximate surface area is 137 Å². The second-order valence-electron chi connectivity index (χ2n) is 4.84. The summed E-state index contributed by atoms with van der Waals surface area (Å²) in [4.78, 5) is 26.2. The smallest absolute Gasteiger partial charge is 0.342 e. The lowest BCUT2D eigenvalue weighted by molar-refractivity contribution is -0.392. The van der Waals surface area contributed by atoms with Gasteiger partial charge in [0.15, 0.2) is 5.82 Å². The molecule has 0 saturated heterocycles. The number of hydrogen-bond donors (Lipinski definition) is 0. The molecule has 0 spiro atoms. The van der Waals surface area contributed by atoms with E-state index in [4.69, 9.17) is 4.74 Å². The SMILES string of the molecule is CSCc1ccc(C(=O)OCCn2c([N+](=O)[O-])cnc2C)cc1. The van der Waals surface area contributed by atoms with E-state index in [1.54, 1.807) is 30.8 Å². The monoisotopic (exact) mass is 335 g/mol. The molecule has 0 aliphatic carbocycles. The molecule has 0 aliphatic heterocycles. The first-order valence-electron chi connectivity index (χ1n) is 6.94. The van der Waals surface area contributed by atoms with Crippen LogP contribution in [-0.2, 0) is 17.0 Å². The van der Waals surface area contributed by atoms with E-state index in [0.29, 0.717) is 11.4 Å². The van der Waals surface area contributed by atoms with Crippen LogP contribution in [0.4, 0.5) is 5.82 Å². The van der Waals surface area contributed by atoms with Gasteiger partial charge >= 0.3 is 11.8 Å². The fourth-order valence-electron chi connectivity index (χ4n) is 2.10. The van der Waals surface area contributed by atoms with Crippen LogP contribution in [0.15, 0.2) is 30.5 Å². The van der Waals surface area contributed by atoms with Gasteiger partial charge in [0.1, 0.15) is 19.3 Å². The molecule has 0 radical (unpaired) electrons. The number of nitro groups is 1. The first-order valence-corrected chi connectivity index (χ1v) is 8.34. The Hall–Kier alpha value is -2.35. The Morgan fingerprint density at radius 2 is 2.09 bits per heavy atom. The minimum atomic E-state index is -0.508. The van der Waals surface area contributed by atoms with Crippen LogP contribution < -0.4 is 0 Å².